The molecule has 2 N–H and O–H groups in total. The van der Waals surface area contributed by atoms with Gasteiger partial charge in [0.15, 0.2) is 4.34 Å². The lowest BCUT2D eigenvalue weighted by Crippen LogP contribution is -2.14. The molecule has 0 spiro atoms. The largest absolute Gasteiger partial charge is 0.497 e. The van der Waals surface area contributed by atoms with E-state index in [1.54, 1.807) is 25.3 Å². The van der Waals surface area contributed by atoms with Crippen molar-refractivity contribution in [2.75, 3.05) is 23.5 Å². The van der Waals surface area contributed by atoms with E-state index in [4.69, 9.17) is 4.74 Å². The van der Waals surface area contributed by atoms with Crippen molar-refractivity contribution in [3.8, 4) is 5.75 Å². The summed E-state index contributed by atoms with van der Waals surface area (Å²) in [6.45, 7) is 0. The number of thioether (sulfide) groups is 1. The molecule has 0 atom stereocenters. The van der Waals surface area contributed by atoms with E-state index < -0.39 is 0 Å². The number of hydrogen-bond acceptors (Lipinski definition) is 7. The Balaban J connectivity index is 1.29. The highest BCUT2D eigenvalue weighted by Crippen LogP contribution is 2.26. The molecule has 0 saturated heterocycles. The van der Waals surface area contributed by atoms with E-state index in [2.05, 4.69) is 20.8 Å². The van der Waals surface area contributed by atoms with E-state index in [9.17, 15) is 9.59 Å². The molecule has 0 radical (unpaired) electrons. The summed E-state index contributed by atoms with van der Waals surface area (Å²) in [4.78, 5) is 24.7. The van der Waals surface area contributed by atoms with E-state index in [0.717, 1.165) is 16.3 Å². The van der Waals surface area contributed by atoms with Gasteiger partial charge in [-0.1, -0.05) is 71.6 Å². The van der Waals surface area contributed by atoms with Crippen molar-refractivity contribution in [2.45, 2.75) is 10.8 Å². The fraction of sp³-hybridized carbons (Fsp3) is 0.130. The SMILES string of the molecule is COc1cccc(NC(=O)CSc2nnc(NC(=O)Cc3cccc4ccccc34)s2)c1. The number of methoxy groups -OCH3 is 1. The number of aromatic nitrogens is 2. The highest BCUT2D eigenvalue weighted by Gasteiger charge is 2.12. The number of fused-ring (bicyclic) bond motifs is 1. The van der Waals surface area contributed by atoms with Crippen LogP contribution in [0.25, 0.3) is 10.8 Å². The van der Waals surface area contributed by atoms with Crippen LogP contribution in [0.3, 0.4) is 0 Å². The third kappa shape index (κ3) is 5.63. The summed E-state index contributed by atoms with van der Waals surface area (Å²) in [7, 11) is 1.57. The summed E-state index contributed by atoms with van der Waals surface area (Å²) in [5.74, 6) is 0.517. The van der Waals surface area contributed by atoms with Crippen LogP contribution in [-0.4, -0.2) is 34.9 Å². The lowest BCUT2D eigenvalue weighted by Gasteiger charge is -2.06. The quantitative estimate of drug-likeness (QED) is 0.292. The number of rotatable bonds is 8. The van der Waals surface area contributed by atoms with Gasteiger partial charge in [-0.3, -0.25) is 9.59 Å². The van der Waals surface area contributed by atoms with E-state index in [-0.39, 0.29) is 24.0 Å². The first-order valence-corrected chi connectivity index (χ1v) is 11.6. The maximum absolute atomic E-state index is 12.5. The number of anilines is 2. The second-order valence-corrected chi connectivity index (χ2v) is 9.01. The number of benzene rings is 3. The molecule has 3 aromatic carbocycles. The number of nitrogens with zero attached hydrogens (tertiary/aromatic N) is 2. The van der Waals surface area contributed by atoms with Crippen molar-refractivity contribution >= 4 is 56.5 Å². The number of hydrogen-bond donors (Lipinski definition) is 2. The molecule has 0 fully saturated rings. The predicted octanol–water partition coefficient (Wildman–Crippen LogP) is 4.61. The Kier molecular flexibility index (Phi) is 6.98. The van der Waals surface area contributed by atoms with Gasteiger partial charge < -0.3 is 15.4 Å². The van der Waals surface area contributed by atoms with Crippen LogP contribution in [0.1, 0.15) is 5.56 Å². The first-order chi connectivity index (χ1) is 15.6. The van der Waals surface area contributed by atoms with E-state index in [0.29, 0.717) is 20.9 Å². The second kappa shape index (κ2) is 10.3. The summed E-state index contributed by atoms with van der Waals surface area (Å²) in [5.41, 5.74) is 1.61. The van der Waals surface area contributed by atoms with Crippen molar-refractivity contribution in [1.29, 1.82) is 0 Å². The summed E-state index contributed by atoms with van der Waals surface area (Å²) >= 11 is 2.50. The normalized spacial score (nSPS) is 10.7. The van der Waals surface area contributed by atoms with Crippen molar-refractivity contribution in [1.82, 2.24) is 10.2 Å². The van der Waals surface area contributed by atoms with Gasteiger partial charge in [-0.15, -0.1) is 10.2 Å². The van der Waals surface area contributed by atoms with E-state index >= 15 is 0 Å². The number of carbonyl (C=O) groups excluding carboxylic acids is 2. The molecular formula is C23H20N4O3S2. The third-order valence-electron chi connectivity index (χ3n) is 4.56. The maximum Gasteiger partial charge on any atom is 0.234 e. The molecule has 2 amide bonds. The number of carbonyl (C=O) groups is 2. The Morgan fingerprint density at radius 2 is 1.78 bits per heavy atom. The molecule has 0 bridgehead atoms. The predicted molar refractivity (Wildman–Crippen MR) is 129 cm³/mol. The molecule has 0 aliphatic carbocycles. The Morgan fingerprint density at radius 3 is 2.66 bits per heavy atom. The van der Waals surface area contributed by atoms with Crippen LogP contribution >= 0.6 is 23.1 Å². The van der Waals surface area contributed by atoms with Crippen molar-refractivity contribution in [3.63, 3.8) is 0 Å². The van der Waals surface area contributed by atoms with E-state index in [1.807, 2.05) is 48.5 Å². The average molecular weight is 465 g/mol. The Labute approximate surface area is 193 Å². The van der Waals surface area contributed by atoms with Crippen molar-refractivity contribution < 1.29 is 14.3 Å². The molecule has 1 aromatic heterocycles. The Hall–Kier alpha value is -3.43. The zero-order valence-corrected chi connectivity index (χ0v) is 18.8. The van der Waals surface area contributed by atoms with Crippen LogP contribution in [0.2, 0.25) is 0 Å². The number of nitrogens with one attached hydrogen (secondary N) is 2. The summed E-state index contributed by atoms with van der Waals surface area (Å²) in [6, 6.07) is 21.0. The Bertz CT molecular complexity index is 1250. The van der Waals surface area contributed by atoms with Gasteiger partial charge in [0.1, 0.15) is 5.75 Å². The molecule has 1 heterocycles. The molecule has 7 nitrogen and oxygen atoms in total. The fourth-order valence-corrected chi connectivity index (χ4v) is 4.70. The van der Waals surface area contributed by atoms with E-state index in [1.165, 1.54) is 23.1 Å². The molecule has 0 saturated carbocycles. The summed E-state index contributed by atoms with van der Waals surface area (Å²) < 4.78 is 5.75. The summed E-state index contributed by atoms with van der Waals surface area (Å²) in [5, 5.41) is 16.2. The molecule has 0 aliphatic rings. The van der Waals surface area contributed by atoms with Gasteiger partial charge in [0.25, 0.3) is 0 Å². The van der Waals surface area contributed by atoms with Crippen LogP contribution in [0.5, 0.6) is 5.75 Å². The summed E-state index contributed by atoms with van der Waals surface area (Å²) in [6.07, 6.45) is 0.242. The molecule has 4 rings (SSSR count). The van der Waals surface area contributed by atoms with Crippen molar-refractivity contribution in [3.05, 3.63) is 72.3 Å². The van der Waals surface area contributed by atoms with Crippen molar-refractivity contribution in [2.24, 2.45) is 0 Å². The first-order valence-electron chi connectivity index (χ1n) is 9.77. The topological polar surface area (TPSA) is 93.2 Å². The lowest BCUT2D eigenvalue weighted by atomic mass is 10.0. The van der Waals surface area contributed by atoms with Crippen LogP contribution in [0.15, 0.2) is 71.1 Å². The molecule has 0 aliphatic heterocycles. The second-order valence-electron chi connectivity index (χ2n) is 6.81. The smallest absolute Gasteiger partial charge is 0.234 e. The number of ether oxygens (including phenoxy) is 1. The van der Waals surface area contributed by atoms with Gasteiger partial charge in [-0.25, -0.2) is 0 Å². The van der Waals surface area contributed by atoms with Gasteiger partial charge in [-0.2, -0.15) is 0 Å². The third-order valence-corrected chi connectivity index (χ3v) is 6.54. The number of amides is 2. The average Bonchev–Trinajstić information content (AvgIpc) is 3.25. The molecule has 9 heteroatoms. The minimum Gasteiger partial charge on any atom is -0.497 e. The molecule has 4 aromatic rings. The highest BCUT2D eigenvalue weighted by atomic mass is 32.2. The van der Waals surface area contributed by atoms with Crippen LogP contribution in [-0.2, 0) is 16.0 Å². The van der Waals surface area contributed by atoms with Crippen LogP contribution < -0.4 is 15.4 Å². The van der Waals surface area contributed by atoms with Gasteiger partial charge in [0, 0.05) is 11.8 Å². The lowest BCUT2D eigenvalue weighted by molar-refractivity contribution is -0.115. The minimum absolute atomic E-state index is 0.162. The Morgan fingerprint density at radius 1 is 0.969 bits per heavy atom. The first kappa shape index (κ1) is 21.8. The molecule has 0 unspecified atom stereocenters. The zero-order chi connectivity index (χ0) is 22.3. The van der Waals surface area contributed by atoms with Gasteiger partial charge in [0.2, 0.25) is 16.9 Å². The molecular weight excluding hydrogens is 444 g/mol. The standard InChI is InChI=1S/C23H20N4O3S2/c1-30-18-10-5-9-17(13-18)24-21(29)14-31-23-27-26-22(32-23)25-20(28)12-16-8-4-7-15-6-2-3-11-19(15)16/h2-11,13H,12,14H2,1H3,(H,24,29)(H,25,26,28). The van der Waals surface area contributed by atoms with Crippen LogP contribution in [0, 0.1) is 0 Å². The molecule has 162 valence electrons. The molecule has 32 heavy (non-hydrogen) atoms. The monoisotopic (exact) mass is 464 g/mol. The fourth-order valence-electron chi connectivity index (χ4n) is 3.13. The van der Waals surface area contributed by atoms with Gasteiger partial charge in [0.05, 0.1) is 19.3 Å². The zero-order valence-electron chi connectivity index (χ0n) is 17.2. The minimum atomic E-state index is -0.167. The highest BCUT2D eigenvalue weighted by molar-refractivity contribution is 8.01. The van der Waals surface area contributed by atoms with Gasteiger partial charge in [-0.05, 0) is 28.5 Å². The van der Waals surface area contributed by atoms with Crippen LogP contribution in [0.4, 0.5) is 10.8 Å². The van der Waals surface area contributed by atoms with Gasteiger partial charge >= 0.3 is 0 Å². The maximum atomic E-state index is 12.5.